The number of anilines is 1. The molecule has 0 unspecified atom stereocenters. The maximum atomic E-state index is 11.6. The van der Waals surface area contributed by atoms with Crippen LogP contribution in [0.3, 0.4) is 0 Å². The van der Waals surface area contributed by atoms with Crippen LogP contribution in [0.4, 0.5) is 5.69 Å². The number of carbonyl (C=O) groups is 2. The second kappa shape index (κ2) is 6.47. The predicted octanol–water partition coefficient (Wildman–Crippen LogP) is 2.19. The second-order valence-electron chi connectivity index (χ2n) is 4.23. The van der Waals surface area contributed by atoms with Crippen LogP contribution >= 0.6 is 0 Å². The van der Waals surface area contributed by atoms with Gasteiger partial charge in [-0.25, -0.2) is 4.79 Å². The Morgan fingerprint density at radius 2 is 1.75 bits per heavy atom. The summed E-state index contributed by atoms with van der Waals surface area (Å²) in [6, 6.07) is 10.4. The highest BCUT2D eigenvalue weighted by Gasteiger charge is 2.09. The lowest BCUT2D eigenvalue weighted by Crippen LogP contribution is -2.20. The van der Waals surface area contributed by atoms with E-state index in [1.807, 2.05) is 19.1 Å². The van der Waals surface area contributed by atoms with Crippen LogP contribution in [0, 0.1) is 6.92 Å². The van der Waals surface area contributed by atoms with Crippen molar-refractivity contribution in [2.24, 2.45) is 0 Å². The smallest absolute Gasteiger partial charge is 0.338 e. The zero-order valence-corrected chi connectivity index (χ0v) is 11.0. The average Bonchev–Trinajstić information content (AvgIpc) is 2.48. The van der Waals surface area contributed by atoms with Gasteiger partial charge in [0.2, 0.25) is 0 Å². The largest absolute Gasteiger partial charge is 0.452 e. The van der Waals surface area contributed by atoms with Gasteiger partial charge < -0.3 is 10.1 Å². The molecule has 2 aromatic rings. The number of ether oxygens (including phenoxy) is 1. The van der Waals surface area contributed by atoms with E-state index in [0.29, 0.717) is 11.3 Å². The number of pyridine rings is 1. The summed E-state index contributed by atoms with van der Waals surface area (Å²) in [5.74, 6) is -0.928. The summed E-state index contributed by atoms with van der Waals surface area (Å²) in [7, 11) is 0. The molecule has 1 N–H and O–H groups in total. The molecule has 1 heterocycles. The molecule has 0 aliphatic carbocycles. The van der Waals surface area contributed by atoms with Crippen LogP contribution in [0.1, 0.15) is 15.9 Å². The third-order valence-corrected chi connectivity index (χ3v) is 2.59. The van der Waals surface area contributed by atoms with E-state index in [9.17, 15) is 9.59 Å². The zero-order chi connectivity index (χ0) is 14.4. The summed E-state index contributed by atoms with van der Waals surface area (Å²) < 4.78 is 4.91. The van der Waals surface area contributed by atoms with Gasteiger partial charge in [0.15, 0.2) is 6.61 Å². The first-order valence-electron chi connectivity index (χ1n) is 6.09. The zero-order valence-electron chi connectivity index (χ0n) is 11.0. The summed E-state index contributed by atoms with van der Waals surface area (Å²) in [4.78, 5) is 27.0. The maximum absolute atomic E-state index is 11.6. The summed E-state index contributed by atoms with van der Waals surface area (Å²) in [6.07, 6.45) is 2.98. The van der Waals surface area contributed by atoms with Gasteiger partial charge in [-0.2, -0.15) is 0 Å². The lowest BCUT2D eigenvalue weighted by molar-refractivity contribution is -0.119. The van der Waals surface area contributed by atoms with Gasteiger partial charge in [-0.1, -0.05) is 17.7 Å². The fourth-order valence-corrected chi connectivity index (χ4v) is 1.54. The molecule has 5 heteroatoms. The molecule has 0 aliphatic rings. The number of esters is 1. The van der Waals surface area contributed by atoms with Crippen LogP contribution < -0.4 is 5.32 Å². The summed E-state index contributed by atoms with van der Waals surface area (Å²) in [5.41, 5.74) is 2.14. The summed E-state index contributed by atoms with van der Waals surface area (Å²) >= 11 is 0. The minimum Gasteiger partial charge on any atom is -0.452 e. The Bertz CT molecular complexity index is 594. The van der Waals surface area contributed by atoms with Gasteiger partial charge in [0.25, 0.3) is 5.91 Å². The number of rotatable bonds is 4. The van der Waals surface area contributed by atoms with Gasteiger partial charge in [0, 0.05) is 18.1 Å². The molecule has 1 aromatic carbocycles. The first-order chi connectivity index (χ1) is 9.65. The maximum Gasteiger partial charge on any atom is 0.338 e. The minimum atomic E-state index is -0.550. The van der Waals surface area contributed by atoms with E-state index in [1.54, 1.807) is 12.1 Å². The standard InChI is InChI=1S/C15H14N2O3/c1-11-2-4-13(5-3-11)17-14(18)10-20-15(19)12-6-8-16-9-7-12/h2-9H,10H2,1H3,(H,17,18). The summed E-state index contributed by atoms with van der Waals surface area (Å²) in [5, 5.41) is 2.65. The Balaban J connectivity index is 1.83. The van der Waals surface area contributed by atoms with E-state index in [0.717, 1.165) is 5.56 Å². The van der Waals surface area contributed by atoms with Crippen LogP contribution in [0.25, 0.3) is 0 Å². The Morgan fingerprint density at radius 1 is 1.10 bits per heavy atom. The first-order valence-corrected chi connectivity index (χ1v) is 6.09. The number of hydrogen-bond acceptors (Lipinski definition) is 4. The molecule has 0 saturated carbocycles. The molecular formula is C15H14N2O3. The van der Waals surface area contributed by atoms with E-state index in [2.05, 4.69) is 10.3 Å². The van der Waals surface area contributed by atoms with Gasteiger partial charge in [-0.15, -0.1) is 0 Å². The third-order valence-electron chi connectivity index (χ3n) is 2.59. The van der Waals surface area contributed by atoms with Crippen molar-refractivity contribution in [3.05, 3.63) is 59.9 Å². The monoisotopic (exact) mass is 270 g/mol. The minimum absolute atomic E-state index is 0.324. The van der Waals surface area contributed by atoms with Gasteiger partial charge in [-0.05, 0) is 31.2 Å². The third kappa shape index (κ3) is 3.91. The fraction of sp³-hybridized carbons (Fsp3) is 0.133. The number of aryl methyl sites for hydroxylation is 1. The number of nitrogens with zero attached hydrogens (tertiary/aromatic N) is 1. The molecule has 20 heavy (non-hydrogen) atoms. The predicted molar refractivity (Wildman–Crippen MR) is 74.3 cm³/mol. The highest BCUT2D eigenvalue weighted by Crippen LogP contribution is 2.08. The van der Waals surface area contributed by atoms with Crippen LogP contribution in [-0.2, 0) is 9.53 Å². The number of nitrogens with one attached hydrogen (secondary N) is 1. The molecule has 0 aliphatic heterocycles. The second-order valence-corrected chi connectivity index (χ2v) is 4.23. The van der Waals surface area contributed by atoms with Crippen molar-refractivity contribution >= 4 is 17.6 Å². The Hall–Kier alpha value is -2.69. The van der Waals surface area contributed by atoms with Crippen molar-refractivity contribution in [2.45, 2.75) is 6.92 Å². The highest BCUT2D eigenvalue weighted by atomic mass is 16.5. The topological polar surface area (TPSA) is 68.3 Å². The SMILES string of the molecule is Cc1ccc(NC(=O)COC(=O)c2ccncc2)cc1. The van der Waals surface area contributed by atoms with Crippen LogP contribution in [0.5, 0.6) is 0 Å². The molecule has 0 spiro atoms. The number of aromatic nitrogens is 1. The number of carbonyl (C=O) groups excluding carboxylic acids is 2. The highest BCUT2D eigenvalue weighted by molar-refractivity contribution is 5.95. The number of hydrogen-bond donors (Lipinski definition) is 1. The van der Waals surface area contributed by atoms with Crippen molar-refractivity contribution in [1.82, 2.24) is 4.98 Å². The molecular weight excluding hydrogens is 256 g/mol. The molecule has 0 bridgehead atoms. The van der Waals surface area contributed by atoms with Gasteiger partial charge >= 0.3 is 5.97 Å². The number of benzene rings is 1. The summed E-state index contributed by atoms with van der Waals surface area (Å²) in [6.45, 7) is 1.64. The molecule has 0 atom stereocenters. The van der Waals surface area contributed by atoms with Crippen LogP contribution in [0.2, 0.25) is 0 Å². The molecule has 0 saturated heterocycles. The van der Waals surface area contributed by atoms with Crippen molar-refractivity contribution in [1.29, 1.82) is 0 Å². The molecule has 0 radical (unpaired) electrons. The number of amides is 1. The fourth-order valence-electron chi connectivity index (χ4n) is 1.54. The quantitative estimate of drug-likeness (QED) is 0.865. The van der Waals surface area contributed by atoms with Crippen molar-refractivity contribution in [3.8, 4) is 0 Å². The molecule has 2 rings (SSSR count). The van der Waals surface area contributed by atoms with E-state index < -0.39 is 5.97 Å². The molecule has 5 nitrogen and oxygen atoms in total. The van der Waals surface area contributed by atoms with Crippen molar-refractivity contribution < 1.29 is 14.3 Å². The molecule has 0 fully saturated rings. The Kier molecular flexibility index (Phi) is 4.44. The van der Waals surface area contributed by atoms with E-state index in [-0.39, 0.29) is 12.5 Å². The first kappa shape index (κ1) is 13.7. The lowest BCUT2D eigenvalue weighted by atomic mass is 10.2. The average molecular weight is 270 g/mol. The lowest BCUT2D eigenvalue weighted by Gasteiger charge is -2.06. The Morgan fingerprint density at radius 3 is 2.40 bits per heavy atom. The van der Waals surface area contributed by atoms with Crippen LogP contribution in [-0.4, -0.2) is 23.5 Å². The van der Waals surface area contributed by atoms with Crippen molar-refractivity contribution in [3.63, 3.8) is 0 Å². The van der Waals surface area contributed by atoms with Gasteiger partial charge in [0.1, 0.15) is 0 Å². The molecule has 1 aromatic heterocycles. The Labute approximate surface area is 116 Å². The van der Waals surface area contributed by atoms with Gasteiger partial charge in [-0.3, -0.25) is 9.78 Å². The molecule has 102 valence electrons. The van der Waals surface area contributed by atoms with E-state index >= 15 is 0 Å². The van der Waals surface area contributed by atoms with E-state index in [1.165, 1.54) is 24.5 Å². The van der Waals surface area contributed by atoms with Gasteiger partial charge in [0.05, 0.1) is 5.56 Å². The van der Waals surface area contributed by atoms with Crippen molar-refractivity contribution in [2.75, 3.05) is 11.9 Å². The van der Waals surface area contributed by atoms with Crippen LogP contribution in [0.15, 0.2) is 48.8 Å². The normalized spacial score (nSPS) is 9.85. The molecule has 1 amide bonds. The van der Waals surface area contributed by atoms with E-state index in [4.69, 9.17) is 4.74 Å².